The first-order valence-corrected chi connectivity index (χ1v) is 2.40. The fraction of sp³-hybridized carbons (Fsp3) is 0.143. The lowest BCUT2D eigenvalue weighted by atomic mass is 10.3. The van der Waals surface area contributed by atoms with Crippen LogP contribution in [0.4, 0.5) is 11.4 Å². The normalized spacial score (nSPS) is 8.00. The maximum Gasteiger partial charge on any atom is 0.0315 e. The van der Waals surface area contributed by atoms with Gasteiger partial charge in [-0.3, -0.25) is 0 Å². The molecule has 0 saturated carbocycles. The van der Waals surface area contributed by atoms with E-state index in [1.165, 1.54) is 0 Å². The fourth-order valence-electron chi connectivity index (χ4n) is 0.496. The highest BCUT2D eigenvalue weighted by Gasteiger charge is 1.80. The third-order valence-corrected chi connectivity index (χ3v) is 0.936. The summed E-state index contributed by atoms with van der Waals surface area (Å²) in [5, 5.41) is 0. The summed E-state index contributed by atoms with van der Waals surface area (Å²) < 4.78 is 0. The zero-order valence-corrected chi connectivity index (χ0v) is 4.46. The zero-order valence-electron chi connectivity index (χ0n) is 4.46. The smallest absolute Gasteiger partial charge is 0.0315 e. The second kappa shape index (κ2) is 2.97. The van der Waals surface area contributed by atoms with E-state index in [1.54, 1.807) is 24.3 Å². The van der Waals surface area contributed by atoms with Crippen LogP contribution in [0.15, 0.2) is 24.3 Å². The average Bonchev–Trinajstić information content (AvgIpc) is 1.77. The van der Waals surface area contributed by atoms with E-state index in [0.717, 1.165) is 11.4 Å². The number of hydrogen-bond donors (Lipinski definition) is 2. The van der Waals surface area contributed by atoms with Crippen LogP contribution in [-0.2, 0) is 0 Å². The summed E-state index contributed by atoms with van der Waals surface area (Å²) in [5.41, 5.74) is 12.2. The molecule has 0 aliphatic rings. The van der Waals surface area contributed by atoms with Gasteiger partial charge in [0.2, 0.25) is 0 Å². The van der Waals surface area contributed by atoms with Gasteiger partial charge in [-0.1, -0.05) is 7.43 Å². The van der Waals surface area contributed by atoms with Crippen molar-refractivity contribution in [2.24, 2.45) is 0 Å². The van der Waals surface area contributed by atoms with Crippen molar-refractivity contribution in [3.05, 3.63) is 24.3 Å². The number of hydrogen-bond acceptors (Lipinski definition) is 2. The van der Waals surface area contributed by atoms with Gasteiger partial charge in [0.25, 0.3) is 0 Å². The summed E-state index contributed by atoms with van der Waals surface area (Å²) in [5.74, 6) is 0. The van der Waals surface area contributed by atoms with Gasteiger partial charge >= 0.3 is 0 Å². The molecule has 1 aromatic rings. The molecule has 0 aromatic heterocycles. The molecule has 0 aliphatic carbocycles. The van der Waals surface area contributed by atoms with E-state index in [2.05, 4.69) is 0 Å². The predicted octanol–water partition coefficient (Wildman–Crippen LogP) is 1.49. The summed E-state index contributed by atoms with van der Waals surface area (Å²) in [6.07, 6.45) is 0. The molecule has 1 rings (SSSR count). The minimum atomic E-state index is 0. The first-order valence-electron chi connectivity index (χ1n) is 2.40. The van der Waals surface area contributed by atoms with Crippen molar-refractivity contribution in [1.29, 1.82) is 0 Å². The SMILES string of the molecule is C.Nc1ccc(N)cc1. The fourth-order valence-corrected chi connectivity index (χ4v) is 0.496. The van der Waals surface area contributed by atoms with Crippen molar-refractivity contribution < 1.29 is 0 Å². The Labute approximate surface area is 55.5 Å². The zero-order chi connectivity index (χ0) is 5.98. The summed E-state index contributed by atoms with van der Waals surface area (Å²) in [4.78, 5) is 0. The van der Waals surface area contributed by atoms with Crippen molar-refractivity contribution >= 4 is 11.4 Å². The van der Waals surface area contributed by atoms with Crippen LogP contribution in [0.2, 0.25) is 0 Å². The molecule has 9 heavy (non-hydrogen) atoms. The molecule has 0 aliphatic heterocycles. The van der Waals surface area contributed by atoms with Crippen molar-refractivity contribution in [2.45, 2.75) is 7.43 Å². The molecule has 0 bridgehead atoms. The standard InChI is InChI=1S/C6H8N2.CH4/c7-5-1-2-6(8)4-3-5;/h1-4H,7-8H2;1H4. The molecule has 0 amide bonds. The van der Waals surface area contributed by atoms with Crippen LogP contribution >= 0.6 is 0 Å². The van der Waals surface area contributed by atoms with Crippen molar-refractivity contribution in [3.63, 3.8) is 0 Å². The summed E-state index contributed by atoms with van der Waals surface area (Å²) in [6.45, 7) is 0. The minimum absolute atomic E-state index is 0. The molecular weight excluding hydrogens is 112 g/mol. The number of nitrogen functional groups attached to an aromatic ring is 2. The first kappa shape index (κ1) is 7.82. The van der Waals surface area contributed by atoms with Crippen LogP contribution in [-0.4, -0.2) is 0 Å². The van der Waals surface area contributed by atoms with Gasteiger partial charge in [0, 0.05) is 11.4 Å². The lowest BCUT2D eigenvalue weighted by Gasteiger charge is -1.90. The van der Waals surface area contributed by atoms with Gasteiger partial charge in [-0.2, -0.15) is 0 Å². The van der Waals surface area contributed by atoms with Crippen LogP contribution < -0.4 is 11.5 Å². The van der Waals surface area contributed by atoms with E-state index in [-0.39, 0.29) is 7.43 Å². The second-order valence-electron chi connectivity index (χ2n) is 1.67. The van der Waals surface area contributed by atoms with E-state index < -0.39 is 0 Å². The Morgan fingerprint density at radius 2 is 1.00 bits per heavy atom. The number of nitrogens with two attached hydrogens (primary N) is 2. The second-order valence-corrected chi connectivity index (χ2v) is 1.67. The maximum atomic E-state index is 5.37. The van der Waals surface area contributed by atoms with Gasteiger partial charge in [-0.15, -0.1) is 0 Å². The predicted molar refractivity (Wildman–Crippen MR) is 42.0 cm³/mol. The summed E-state index contributed by atoms with van der Waals surface area (Å²) >= 11 is 0. The topological polar surface area (TPSA) is 52.0 Å². The Morgan fingerprint density at radius 1 is 0.778 bits per heavy atom. The molecule has 0 atom stereocenters. The average molecular weight is 124 g/mol. The van der Waals surface area contributed by atoms with Gasteiger partial charge < -0.3 is 11.5 Å². The Bertz CT molecular complexity index is 146. The molecule has 0 radical (unpaired) electrons. The van der Waals surface area contributed by atoms with Crippen LogP contribution in [0.3, 0.4) is 0 Å². The molecule has 0 spiro atoms. The Hall–Kier alpha value is -1.18. The van der Waals surface area contributed by atoms with Gasteiger partial charge in [0.05, 0.1) is 0 Å². The first-order chi connectivity index (χ1) is 3.79. The van der Waals surface area contributed by atoms with Crippen LogP contribution in [0, 0.1) is 0 Å². The molecule has 0 unspecified atom stereocenters. The Morgan fingerprint density at radius 3 is 1.22 bits per heavy atom. The highest BCUT2D eigenvalue weighted by atomic mass is 14.6. The maximum absolute atomic E-state index is 5.37. The minimum Gasteiger partial charge on any atom is -0.399 e. The van der Waals surface area contributed by atoms with E-state index >= 15 is 0 Å². The summed E-state index contributed by atoms with van der Waals surface area (Å²) in [6, 6.07) is 7.09. The number of benzene rings is 1. The monoisotopic (exact) mass is 124 g/mol. The Kier molecular flexibility index (Phi) is 2.58. The van der Waals surface area contributed by atoms with Crippen LogP contribution in [0.5, 0.6) is 0 Å². The molecule has 1 aromatic carbocycles. The van der Waals surface area contributed by atoms with E-state index in [4.69, 9.17) is 11.5 Å². The third kappa shape index (κ3) is 2.04. The van der Waals surface area contributed by atoms with Gasteiger partial charge in [0.15, 0.2) is 0 Å². The molecule has 50 valence electrons. The molecule has 0 fully saturated rings. The van der Waals surface area contributed by atoms with Gasteiger partial charge in [-0.05, 0) is 24.3 Å². The van der Waals surface area contributed by atoms with Crippen LogP contribution in [0.1, 0.15) is 7.43 Å². The van der Waals surface area contributed by atoms with Crippen molar-refractivity contribution in [1.82, 2.24) is 0 Å². The molecular formula is C7H12N2. The quantitative estimate of drug-likeness (QED) is 0.515. The van der Waals surface area contributed by atoms with Gasteiger partial charge in [0.1, 0.15) is 0 Å². The molecule has 4 N–H and O–H groups in total. The highest BCUT2D eigenvalue weighted by Crippen LogP contribution is 2.04. The van der Waals surface area contributed by atoms with E-state index in [0.29, 0.717) is 0 Å². The molecule has 0 saturated heterocycles. The Balaban J connectivity index is 0.000000640. The number of rotatable bonds is 0. The lowest BCUT2D eigenvalue weighted by Crippen LogP contribution is -1.86. The largest absolute Gasteiger partial charge is 0.399 e. The molecule has 2 nitrogen and oxygen atoms in total. The molecule has 0 heterocycles. The van der Waals surface area contributed by atoms with Crippen molar-refractivity contribution in [2.75, 3.05) is 11.5 Å². The molecule has 2 heteroatoms. The van der Waals surface area contributed by atoms with E-state index in [9.17, 15) is 0 Å². The highest BCUT2D eigenvalue weighted by molar-refractivity contribution is 5.47. The van der Waals surface area contributed by atoms with Gasteiger partial charge in [-0.25, -0.2) is 0 Å². The van der Waals surface area contributed by atoms with Crippen molar-refractivity contribution in [3.8, 4) is 0 Å². The number of anilines is 2. The summed E-state index contributed by atoms with van der Waals surface area (Å²) in [7, 11) is 0. The third-order valence-electron chi connectivity index (χ3n) is 0.936. The van der Waals surface area contributed by atoms with E-state index in [1.807, 2.05) is 0 Å². The van der Waals surface area contributed by atoms with Crippen LogP contribution in [0.25, 0.3) is 0 Å². The lowest BCUT2D eigenvalue weighted by molar-refractivity contribution is 1.67.